The van der Waals surface area contributed by atoms with Gasteiger partial charge in [-0.05, 0) is 42.5 Å². The van der Waals surface area contributed by atoms with E-state index >= 15 is 4.39 Å². The molecule has 29 heavy (non-hydrogen) atoms. The molecule has 0 unspecified atom stereocenters. The van der Waals surface area contributed by atoms with Gasteiger partial charge in [0.2, 0.25) is 0 Å². The molecular formula is C24H29FN2O2. The Morgan fingerprint density at radius 2 is 1.83 bits per heavy atom. The van der Waals surface area contributed by atoms with Crippen LogP contribution in [0.1, 0.15) is 46.7 Å². The largest absolute Gasteiger partial charge is 0.465 e. The molecule has 1 aliphatic carbocycles. The molecular weight excluding hydrogens is 367 g/mol. The number of piperidine rings is 1. The van der Waals surface area contributed by atoms with Crippen molar-refractivity contribution in [3.8, 4) is 0 Å². The van der Waals surface area contributed by atoms with Crippen LogP contribution in [-0.4, -0.2) is 49.3 Å². The molecule has 0 aromatic heterocycles. The van der Waals surface area contributed by atoms with Gasteiger partial charge in [0.15, 0.2) is 0 Å². The number of likely N-dealkylation sites (tertiary alicyclic amines) is 1. The number of methoxy groups -OCH3 is 1. The highest BCUT2D eigenvalue weighted by molar-refractivity contribution is 5.89. The lowest BCUT2D eigenvalue weighted by Crippen LogP contribution is -2.47. The zero-order chi connectivity index (χ0) is 20.3. The van der Waals surface area contributed by atoms with Crippen LogP contribution in [0.25, 0.3) is 0 Å². The normalized spacial score (nSPS) is 23.5. The number of alkyl halides is 1. The van der Waals surface area contributed by atoms with Crippen LogP contribution < -0.4 is 5.32 Å². The van der Waals surface area contributed by atoms with Crippen LogP contribution in [-0.2, 0) is 11.3 Å². The van der Waals surface area contributed by atoms with Crippen LogP contribution in [0.2, 0.25) is 0 Å². The van der Waals surface area contributed by atoms with Gasteiger partial charge in [0.1, 0.15) is 5.67 Å². The highest BCUT2D eigenvalue weighted by atomic mass is 19.1. The quantitative estimate of drug-likeness (QED) is 0.721. The predicted molar refractivity (Wildman–Crippen MR) is 112 cm³/mol. The van der Waals surface area contributed by atoms with Crippen molar-refractivity contribution in [1.29, 1.82) is 0 Å². The molecule has 4 rings (SSSR count). The maximum atomic E-state index is 15.2. The van der Waals surface area contributed by atoms with Gasteiger partial charge in [0, 0.05) is 38.1 Å². The minimum Gasteiger partial charge on any atom is -0.465 e. The number of benzene rings is 2. The third-order valence-corrected chi connectivity index (χ3v) is 6.23. The Labute approximate surface area is 172 Å². The van der Waals surface area contributed by atoms with Crippen molar-refractivity contribution in [3.63, 3.8) is 0 Å². The number of hydrogen-bond donors (Lipinski definition) is 1. The number of nitrogens with one attached hydrogen (secondary N) is 1. The maximum Gasteiger partial charge on any atom is 0.337 e. The molecule has 1 saturated heterocycles. The molecule has 0 radical (unpaired) electrons. The molecule has 0 spiro atoms. The maximum absolute atomic E-state index is 15.2. The molecule has 1 saturated carbocycles. The first-order valence-corrected chi connectivity index (χ1v) is 10.4. The second-order valence-electron chi connectivity index (χ2n) is 8.36. The second-order valence-corrected chi connectivity index (χ2v) is 8.36. The van der Waals surface area contributed by atoms with Gasteiger partial charge in [-0.1, -0.05) is 42.5 Å². The fourth-order valence-electron chi connectivity index (χ4n) is 4.21. The number of carbonyl (C=O) groups is 1. The van der Waals surface area contributed by atoms with E-state index in [2.05, 4.69) is 34.5 Å². The van der Waals surface area contributed by atoms with E-state index in [-0.39, 0.29) is 5.97 Å². The number of ether oxygens (including phenoxy) is 1. The Morgan fingerprint density at radius 3 is 2.48 bits per heavy atom. The summed E-state index contributed by atoms with van der Waals surface area (Å²) in [6, 6.07) is 18.4. The van der Waals surface area contributed by atoms with Gasteiger partial charge in [0.05, 0.1) is 12.7 Å². The van der Waals surface area contributed by atoms with Gasteiger partial charge in [-0.15, -0.1) is 0 Å². The van der Waals surface area contributed by atoms with E-state index in [0.717, 1.165) is 31.6 Å². The lowest BCUT2D eigenvalue weighted by molar-refractivity contribution is 0.0543. The first-order valence-electron chi connectivity index (χ1n) is 10.4. The number of rotatable bonds is 7. The molecule has 1 heterocycles. The Bertz CT molecular complexity index is 817. The van der Waals surface area contributed by atoms with Gasteiger partial charge < -0.3 is 10.1 Å². The van der Waals surface area contributed by atoms with E-state index in [9.17, 15) is 4.79 Å². The van der Waals surface area contributed by atoms with E-state index in [4.69, 9.17) is 4.74 Å². The summed E-state index contributed by atoms with van der Waals surface area (Å²) in [6.07, 6.45) is 2.22. The molecule has 2 aromatic rings. The van der Waals surface area contributed by atoms with Crippen molar-refractivity contribution in [2.45, 2.75) is 43.4 Å². The first-order chi connectivity index (χ1) is 14.1. The molecule has 0 bridgehead atoms. The van der Waals surface area contributed by atoms with E-state index in [1.54, 1.807) is 12.1 Å². The molecule has 1 aliphatic heterocycles. The van der Waals surface area contributed by atoms with Crippen molar-refractivity contribution >= 4 is 5.97 Å². The van der Waals surface area contributed by atoms with Gasteiger partial charge >= 0.3 is 5.97 Å². The number of esters is 1. The monoisotopic (exact) mass is 396 g/mol. The van der Waals surface area contributed by atoms with Gasteiger partial charge in [-0.25, -0.2) is 9.18 Å². The summed E-state index contributed by atoms with van der Waals surface area (Å²) in [5.74, 6) is 0.210. The van der Waals surface area contributed by atoms with Crippen molar-refractivity contribution < 1.29 is 13.9 Å². The molecule has 2 atom stereocenters. The molecule has 2 aromatic carbocycles. The summed E-state index contributed by atoms with van der Waals surface area (Å²) >= 11 is 0. The minimum atomic E-state index is -1.12. The molecule has 4 nitrogen and oxygen atoms in total. The van der Waals surface area contributed by atoms with Crippen molar-refractivity contribution in [2.24, 2.45) is 0 Å². The second kappa shape index (κ2) is 8.64. The van der Waals surface area contributed by atoms with Crippen molar-refractivity contribution in [2.75, 3.05) is 26.7 Å². The Kier molecular flexibility index (Phi) is 5.97. The summed E-state index contributed by atoms with van der Waals surface area (Å²) in [5, 5.41) is 3.46. The van der Waals surface area contributed by atoms with E-state index in [1.165, 1.54) is 12.7 Å². The number of carbonyl (C=O) groups excluding carboxylic acids is 1. The van der Waals surface area contributed by atoms with Crippen molar-refractivity contribution in [1.82, 2.24) is 10.2 Å². The Morgan fingerprint density at radius 1 is 1.14 bits per heavy atom. The zero-order valence-electron chi connectivity index (χ0n) is 16.9. The fraction of sp³-hybridized carbons (Fsp3) is 0.458. The standard InChI is InChI=1S/C24H29FN2O2/c1-29-23(28)20-9-7-18(8-10-20)16-27-13-11-24(25,12-14-27)17-26-22-15-21(22)19-5-3-2-4-6-19/h2-10,21-22,26H,11-17H2,1H3/t21-,22+/m0/s1. The van der Waals surface area contributed by atoms with Crippen LogP contribution in [0.4, 0.5) is 4.39 Å². The highest BCUT2D eigenvalue weighted by Crippen LogP contribution is 2.41. The Balaban J connectivity index is 1.21. The lowest BCUT2D eigenvalue weighted by atomic mass is 9.92. The average Bonchev–Trinajstić information content (AvgIpc) is 3.55. The summed E-state index contributed by atoms with van der Waals surface area (Å²) < 4.78 is 20.0. The van der Waals surface area contributed by atoms with E-state index in [1.807, 2.05) is 18.2 Å². The SMILES string of the molecule is COC(=O)c1ccc(CN2CCC(F)(CN[C@@H]3C[C@H]3c3ccccc3)CC2)cc1. The van der Waals surface area contributed by atoms with Gasteiger partial charge in [0.25, 0.3) is 0 Å². The molecule has 0 amide bonds. The summed E-state index contributed by atoms with van der Waals surface area (Å²) in [6.45, 7) is 2.74. The van der Waals surface area contributed by atoms with E-state index in [0.29, 0.717) is 36.9 Å². The smallest absolute Gasteiger partial charge is 0.337 e. The molecule has 2 aliphatic rings. The lowest BCUT2D eigenvalue weighted by Gasteiger charge is -2.36. The predicted octanol–water partition coefficient (Wildman–Crippen LogP) is 3.92. The van der Waals surface area contributed by atoms with Crippen LogP contribution >= 0.6 is 0 Å². The first kappa shape index (κ1) is 20.0. The average molecular weight is 397 g/mol. The zero-order valence-corrected chi connectivity index (χ0v) is 16.9. The molecule has 5 heteroatoms. The van der Waals surface area contributed by atoms with Crippen molar-refractivity contribution in [3.05, 3.63) is 71.3 Å². The van der Waals surface area contributed by atoms with Crippen LogP contribution in [0.3, 0.4) is 0 Å². The summed E-state index contributed by atoms with van der Waals surface area (Å²) in [5.41, 5.74) is 1.92. The number of hydrogen-bond acceptors (Lipinski definition) is 4. The highest BCUT2D eigenvalue weighted by Gasteiger charge is 2.41. The Hall–Kier alpha value is -2.24. The summed E-state index contributed by atoms with van der Waals surface area (Å²) in [4.78, 5) is 13.8. The summed E-state index contributed by atoms with van der Waals surface area (Å²) in [7, 11) is 1.38. The topological polar surface area (TPSA) is 41.6 Å². The molecule has 2 fully saturated rings. The van der Waals surface area contributed by atoms with Crippen LogP contribution in [0.5, 0.6) is 0 Å². The fourth-order valence-corrected chi connectivity index (χ4v) is 4.21. The van der Waals surface area contributed by atoms with E-state index < -0.39 is 5.67 Å². The number of halogens is 1. The number of nitrogens with zero attached hydrogens (tertiary/aromatic N) is 1. The van der Waals surface area contributed by atoms with Crippen LogP contribution in [0, 0.1) is 0 Å². The van der Waals surface area contributed by atoms with Gasteiger partial charge in [-0.3, -0.25) is 4.90 Å². The third kappa shape index (κ3) is 5.03. The minimum absolute atomic E-state index is 0.325. The van der Waals surface area contributed by atoms with Gasteiger partial charge in [-0.2, -0.15) is 0 Å². The molecule has 154 valence electrons. The third-order valence-electron chi connectivity index (χ3n) is 6.23. The van der Waals surface area contributed by atoms with Crippen LogP contribution in [0.15, 0.2) is 54.6 Å². The molecule has 1 N–H and O–H groups in total.